The molecule has 1 atom stereocenters. The molecule has 12 heteroatoms. The number of esters is 1. The van der Waals surface area contributed by atoms with Crippen molar-refractivity contribution in [1.82, 2.24) is 0 Å². The first-order chi connectivity index (χ1) is 19.4. The van der Waals surface area contributed by atoms with Crippen LogP contribution in [0.2, 0.25) is 0 Å². The van der Waals surface area contributed by atoms with Crippen molar-refractivity contribution in [3.05, 3.63) is 83.7 Å². The monoisotopic (exact) mass is 554 g/mol. The van der Waals surface area contributed by atoms with Crippen molar-refractivity contribution in [3.63, 3.8) is 0 Å². The Kier molecular flexibility index (Phi) is 11.1. The number of halogens is 1. The lowest BCUT2D eigenvalue weighted by Crippen LogP contribution is -2.25. The first-order valence-corrected chi connectivity index (χ1v) is 12.5. The van der Waals surface area contributed by atoms with Gasteiger partial charge in [-0.25, -0.2) is 14.0 Å². The van der Waals surface area contributed by atoms with Gasteiger partial charge in [-0.3, -0.25) is 10.2 Å². The van der Waals surface area contributed by atoms with Crippen LogP contribution in [-0.4, -0.2) is 49.4 Å². The van der Waals surface area contributed by atoms with Gasteiger partial charge in [0.2, 0.25) is 0 Å². The van der Waals surface area contributed by atoms with Gasteiger partial charge in [-0.2, -0.15) is 0 Å². The molecule has 0 aliphatic heterocycles. The maximum absolute atomic E-state index is 15.2. The lowest BCUT2D eigenvalue weighted by molar-refractivity contribution is -0.144. The topological polar surface area (TPSA) is 154 Å². The number of anilines is 2. The number of hydrogen-bond acceptors (Lipinski definition) is 9. The molecule has 0 saturated carbocycles. The van der Waals surface area contributed by atoms with Crippen LogP contribution in [0, 0.1) is 5.82 Å². The van der Waals surface area contributed by atoms with Crippen LogP contribution in [0.5, 0.6) is 11.5 Å². The molecule has 212 valence electrons. The number of nitrogens with two attached hydrogens (primary N) is 1. The summed E-state index contributed by atoms with van der Waals surface area (Å²) < 4.78 is 31.3. The normalized spacial score (nSPS) is 11.8. The number of para-hydroxylation sites is 1. The maximum Gasteiger partial charge on any atom is 0.437 e. The zero-order chi connectivity index (χ0) is 28.9. The SMILES string of the molecule is CCOC(=O)C(Nc1ccc(/C(N)=N\OC(=O)Nc2ccccc2)cc1)c1cc(OCC)c(OCCO)cc1F. The molecule has 3 rings (SSSR count). The molecule has 3 aromatic carbocycles. The minimum Gasteiger partial charge on any atom is -0.490 e. The van der Waals surface area contributed by atoms with Crippen LogP contribution in [0.4, 0.5) is 20.6 Å². The van der Waals surface area contributed by atoms with E-state index in [-0.39, 0.29) is 49.3 Å². The number of ether oxygens (including phenoxy) is 3. The molecular weight excluding hydrogens is 523 g/mol. The second-order valence-electron chi connectivity index (χ2n) is 8.08. The summed E-state index contributed by atoms with van der Waals surface area (Å²) in [6.07, 6.45) is -0.814. The summed E-state index contributed by atoms with van der Waals surface area (Å²) in [7, 11) is 0. The van der Waals surface area contributed by atoms with Gasteiger partial charge < -0.3 is 30.4 Å². The summed E-state index contributed by atoms with van der Waals surface area (Å²) in [6.45, 7) is 3.41. The highest BCUT2D eigenvalue weighted by atomic mass is 19.1. The summed E-state index contributed by atoms with van der Waals surface area (Å²) in [4.78, 5) is 29.6. The zero-order valence-corrected chi connectivity index (χ0v) is 22.1. The van der Waals surface area contributed by atoms with Crippen molar-refractivity contribution in [2.24, 2.45) is 10.9 Å². The van der Waals surface area contributed by atoms with Gasteiger partial charge in [-0.15, -0.1) is 0 Å². The third-order valence-electron chi connectivity index (χ3n) is 5.28. The van der Waals surface area contributed by atoms with E-state index in [9.17, 15) is 9.59 Å². The van der Waals surface area contributed by atoms with E-state index in [4.69, 9.17) is 29.9 Å². The molecule has 0 bridgehead atoms. The van der Waals surface area contributed by atoms with Gasteiger partial charge in [-0.05, 0) is 56.3 Å². The fourth-order valence-electron chi connectivity index (χ4n) is 3.51. The number of carbonyl (C=O) groups is 2. The number of hydrogen-bond donors (Lipinski definition) is 4. The third kappa shape index (κ3) is 8.33. The number of amides is 1. The Balaban J connectivity index is 1.78. The smallest absolute Gasteiger partial charge is 0.437 e. The highest BCUT2D eigenvalue weighted by Gasteiger charge is 2.27. The number of rotatable bonds is 13. The fourth-order valence-corrected chi connectivity index (χ4v) is 3.51. The van der Waals surface area contributed by atoms with Crippen LogP contribution in [-0.2, 0) is 14.4 Å². The molecule has 0 aliphatic carbocycles. The van der Waals surface area contributed by atoms with Gasteiger partial charge >= 0.3 is 12.1 Å². The van der Waals surface area contributed by atoms with Gasteiger partial charge in [0.05, 0.1) is 19.8 Å². The molecular formula is C28H31FN4O7. The highest BCUT2D eigenvalue weighted by Crippen LogP contribution is 2.35. The summed E-state index contributed by atoms with van der Waals surface area (Å²) in [6, 6.07) is 16.3. The van der Waals surface area contributed by atoms with E-state index >= 15 is 4.39 Å². The molecule has 40 heavy (non-hydrogen) atoms. The largest absolute Gasteiger partial charge is 0.490 e. The average molecular weight is 555 g/mol. The quantitative estimate of drug-likeness (QED) is 0.0801. The van der Waals surface area contributed by atoms with E-state index in [0.717, 1.165) is 6.07 Å². The lowest BCUT2D eigenvalue weighted by Gasteiger charge is -2.21. The van der Waals surface area contributed by atoms with Crippen LogP contribution >= 0.6 is 0 Å². The average Bonchev–Trinajstić information content (AvgIpc) is 2.96. The van der Waals surface area contributed by atoms with Crippen LogP contribution in [0.3, 0.4) is 0 Å². The van der Waals surface area contributed by atoms with E-state index in [1.54, 1.807) is 68.4 Å². The van der Waals surface area contributed by atoms with Crippen molar-refractivity contribution in [2.45, 2.75) is 19.9 Å². The molecule has 1 amide bonds. The van der Waals surface area contributed by atoms with Gasteiger partial charge in [0.1, 0.15) is 12.4 Å². The number of aliphatic hydroxyl groups excluding tert-OH is 1. The predicted molar refractivity (Wildman–Crippen MR) is 147 cm³/mol. The van der Waals surface area contributed by atoms with E-state index in [0.29, 0.717) is 16.9 Å². The maximum atomic E-state index is 15.2. The molecule has 0 spiro atoms. The third-order valence-corrected chi connectivity index (χ3v) is 5.28. The van der Waals surface area contributed by atoms with Crippen LogP contribution in [0.25, 0.3) is 0 Å². The van der Waals surface area contributed by atoms with E-state index in [1.807, 2.05) is 0 Å². The molecule has 0 aliphatic rings. The van der Waals surface area contributed by atoms with E-state index in [2.05, 4.69) is 15.8 Å². The molecule has 0 fully saturated rings. The lowest BCUT2D eigenvalue weighted by atomic mass is 10.0. The molecule has 0 aromatic heterocycles. The van der Waals surface area contributed by atoms with Crippen LogP contribution in [0.1, 0.15) is 31.0 Å². The number of aliphatic hydroxyl groups is 1. The van der Waals surface area contributed by atoms with E-state index in [1.165, 1.54) is 6.07 Å². The molecule has 3 aromatic rings. The molecule has 0 saturated heterocycles. The second kappa shape index (κ2) is 14.9. The minimum atomic E-state index is -1.23. The van der Waals surface area contributed by atoms with Crippen molar-refractivity contribution < 1.29 is 38.1 Å². The number of benzene rings is 3. The van der Waals surface area contributed by atoms with Gasteiger partial charge in [0.25, 0.3) is 0 Å². The Morgan fingerprint density at radius 1 is 0.975 bits per heavy atom. The zero-order valence-electron chi connectivity index (χ0n) is 22.1. The Morgan fingerprint density at radius 3 is 2.33 bits per heavy atom. The molecule has 5 N–H and O–H groups in total. The van der Waals surface area contributed by atoms with Crippen molar-refractivity contribution >= 4 is 29.3 Å². The molecule has 11 nitrogen and oxygen atoms in total. The second-order valence-corrected chi connectivity index (χ2v) is 8.08. The van der Waals surface area contributed by atoms with Crippen molar-refractivity contribution in [2.75, 3.05) is 37.1 Å². The standard InChI is InChI=1S/C28H31FN4O7/c1-3-37-23-16-21(22(29)17-24(23)39-15-14-34)25(27(35)38-4-2)31-20-12-10-18(11-13-20)26(30)33-40-28(36)32-19-8-6-5-7-9-19/h5-13,16-17,25,31,34H,3-4,14-15H2,1-2H3,(H2,30,33)(H,32,36). The molecule has 1 unspecified atom stereocenters. The first kappa shape index (κ1) is 29.7. The van der Waals surface area contributed by atoms with E-state index < -0.39 is 23.9 Å². The first-order valence-electron chi connectivity index (χ1n) is 12.5. The minimum absolute atomic E-state index is 0.0266. The predicted octanol–water partition coefficient (Wildman–Crippen LogP) is 4.18. The molecule has 0 heterocycles. The number of nitrogens with zero attached hydrogens (tertiary/aromatic N) is 1. The fraction of sp³-hybridized carbons (Fsp3) is 0.250. The number of nitrogens with one attached hydrogen (secondary N) is 2. The number of amidine groups is 1. The number of oxime groups is 1. The highest BCUT2D eigenvalue weighted by molar-refractivity contribution is 5.98. The van der Waals surface area contributed by atoms with Gasteiger partial charge in [0, 0.05) is 28.6 Å². The summed E-state index contributed by atoms with van der Waals surface area (Å²) in [5.41, 5.74) is 7.32. The summed E-state index contributed by atoms with van der Waals surface area (Å²) in [5, 5.41) is 18.2. The molecule has 0 radical (unpaired) electrons. The Bertz CT molecular complexity index is 1300. The Labute approximate surface area is 230 Å². The van der Waals surface area contributed by atoms with Crippen LogP contribution < -0.4 is 25.8 Å². The van der Waals surface area contributed by atoms with Gasteiger partial charge in [0.15, 0.2) is 23.4 Å². The van der Waals surface area contributed by atoms with Gasteiger partial charge in [-0.1, -0.05) is 23.4 Å². The number of carbonyl (C=O) groups excluding carboxylic acids is 2. The Morgan fingerprint density at radius 2 is 1.68 bits per heavy atom. The Hall–Kier alpha value is -4.84. The van der Waals surface area contributed by atoms with Crippen molar-refractivity contribution in [3.8, 4) is 11.5 Å². The van der Waals surface area contributed by atoms with Crippen molar-refractivity contribution in [1.29, 1.82) is 0 Å². The van der Waals surface area contributed by atoms with Crippen LogP contribution in [0.15, 0.2) is 71.9 Å². The summed E-state index contributed by atoms with van der Waals surface area (Å²) in [5.74, 6) is -1.21. The summed E-state index contributed by atoms with van der Waals surface area (Å²) >= 11 is 0.